The zero-order valence-electron chi connectivity index (χ0n) is 16.6. The topological polar surface area (TPSA) is 103 Å². The van der Waals surface area contributed by atoms with Gasteiger partial charge in [-0.05, 0) is 37.9 Å². The first-order valence-electron chi connectivity index (χ1n) is 9.25. The fraction of sp³-hybridized carbons (Fsp3) is 0.579. The van der Waals surface area contributed by atoms with Crippen molar-refractivity contribution >= 4 is 23.5 Å². The molecule has 8 heteroatoms. The summed E-state index contributed by atoms with van der Waals surface area (Å²) in [5.74, 6) is -0.0974. The molecule has 0 aromatic carbocycles. The summed E-state index contributed by atoms with van der Waals surface area (Å²) in [4.78, 5) is 43.1. The summed E-state index contributed by atoms with van der Waals surface area (Å²) in [5, 5.41) is 8.52. The van der Waals surface area contributed by atoms with E-state index in [0.717, 1.165) is 5.56 Å². The predicted octanol–water partition coefficient (Wildman–Crippen LogP) is 0.224. The molecule has 2 heterocycles. The van der Waals surface area contributed by atoms with Gasteiger partial charge in [0.15, 0.2) is 0 Å². The van der Waals surface area contributed by atoms with Crippen molar-refractivity contribution in [1.82, 2.24) is 20.9 Å². The standard InChI is InChI=1S/C19H29N5O3/c1-11(2)16(23-18(26)12(3)20-5)19(27)24-15(10-22-13(4)25)9-14-7-6-8-21-17(14)24/h6-8,11-12,15-16,20H,9-10H2,1-5H3,(H,22,25)(H,23,26)/t12-,15-,16?/m0/s1. The van der Waals surface area contributed by atoms with Gasteiger partial charge in [-0.25, -0.2) is 4.98 Å². The molecule has 2 rings (SSSR count). The molecule has 8 nitrogen and oxygen atoms in total. The summed E-state index contributed by atoms with van der Waals surface area (Å²) in [6, 6.07) is 2.45. The van der Waals surface area contributed by atoms with Gasteiger partial charge >= 0.3 is 0 Å². The molecule has 0 radical (unpaired) electrons. The molecule has 1 aliphatic heterocycles. The van der Waals surface area contributed by atoms with E-state index in [1.54, 1.807) is 25.1 Å². The maximum atomic E-state index is 13.4. The second kappa shape index (κ2) is 8.94. The number of amides is 3. The Bertz CT molecular complexity index is 706. The minimum Gasteiger partial charge on any atom is -0.354 e. The van der Waals surface area contributed by atoms with Crippen LogP contribution in [0.2, 0.25) is 0 Å². The van der Waals surface area contributed by atoms with Crippen LogP contribution >= 0.6 is 0 Å². The van der Waals surface area contributed by atoms with E-state index in [2.05, 4.69) is 20.9 Å². The van der Waals surface area contributed by atoms with Crippen LogP contribution in [-0.2, 0) is 20.8 Å². The highest BCUT2D eigenvalue weighted by Gasteiger charge is 2.39. The molecule has 3 atom stereocenters. The van der Waals surface area contributed by atoms with Gasteiger partial charge in [-0.15, -0.1) is 0 Å². The molecule has 3 N–H and O–H groups in total. The molecule has 0 fully saturated rings. The fourth-order valence-corrected chi connectivity index (χ4v) is 3.11. The number of pyridine rings is 1. The summed E-state index contributed by atoms with van der Waals surface area (Å²) in [5.41, 5.74) is 0.957. The van der Waals surface area contributed by atoms with Crippen molar-refractivity contribution in [1.29, 1.82) is 0 Å². The smallest absolute Gasteiger partial charge is 0.251 e. The first kappa shape index (κ1) is 20.8. The molecule has 3 amide bonds. The van der Waals surface area contributed by atoms with Gasteiger partial charge < -0.3 is 16.0 Å². The lowest BCUT2D eigenvalue weighted by molar-refractivity contribution is -0.129. The van der Waals surface area contributed by atoms with Gasteiger partial charge in [-0.1, -0.05) is 19.9 Å². The lowest BCUT2D eigenvalue weighted by atomic mass is 10.0. The second-order valence-corrected chi connectivity index (χ2v) is 7.23. The van der Waals surface area contributed by atoms with Gasteiger partial charge in [0.1, 0.15) is 11.9 Å². The molecule has 0 bridgehead atoms. The molecule has 0 aliphatic carbocycles. The maximum Gasteiger partial charge on any atom is 0.251 e. The van der Waals surface area contributed by atoms with Gasteiger partial charge in [-0.3, -0.25) is 19.3 Å². The lowest BCUT2D eigenvalue weighted by Crippen LogP contribution is -2.57. The van der Waals surface area contributed by atoms with Crippen molar-refractivity contribution in [2.75, 3.05) is 18.5 Å². The molecule has 27 heavy (non-hydrogen) atoms. The molecule has 148 valence electrons. The molecule has 0 spiro atoms. The average Bonchev–Trinajstić information content (AvgIpc) is 3.01. The zero-order chi connectivity index (χ0) is 20.1. The fourth-order valence-electron chi connectivity index (χ4n) is 3.11. The Morgan fingerprint density at radius 1 is 1.30 bits per heavy atom. The Labute approximate surface area is 160 Å². The number of nitrogens with zero attached hydrogens (tertiary/aromatic N) is 2. The molecular formula is C19H29N5O3. The number of hydrogen-bond acceptors (Lipinski definition) is 5. The number of aromatic nitrogens is 1. The number of likely N-dealkylation sites (N-methyl/N-ethyl adjacent to an activating group) is 1. The Morgan fingerprint density at radius 2 is 2.00 bits per heavy atom. The monoisotopic (exact) mass is 375 g/mol. The van der Waals surface area contributed by atoms with E-state index in [-0.39, 0.29) is 29.7 Å². The van der Waals surface area contributed by atoms with E-state index in [1.807, 2.05) is 26.0 Å². The van der Waals surface area contributed by atoms with Crippen LogP contribution in [0.15, 0.2) is 18.3 Å². The Kier molecular flexibility index (Phi) is 6.90. The van der Waals surface area contributed by atoms with Crippen molar-refractivity contribution in [3.05, 3.63) is 23.9 Å². The number of carbonyl (C=O) groups excluding carboxylic acids is 3. The van der Waals surface area contributed by atoms with Gasteiger partial charge in [0.05, 0.1) is 12.1 Å². The number of nitrogens with one attached hydrogen (secondary N) is 3. The van der Waals surface area contributed by atoms with E-state index in [4.69, 9.17) is 0 Å². The largest absolute Gasteiger partial charge is 0.354 e. The Morgan fingerprint density at radius 3 is 2.59 bits per heavy atom. The normalized spacial score (nSPS) is 18.0. The molecule has 1 aromatic rings. The minimum absolute atomic E-state index is 0.0975. The summed E-state index contributed by atoms with van der Waals surface area (Å²) < 4.78 is 0. The molecule has 1 aromatic heterocycles. The molecular weight excluding hydrogens is 346 g/mol. The molecule has 0 saturated carbocycles. The second-order valence-electron chi connectivity index (χ2n) is 7.23. The highest BCUT2D eigenvalue weighted by Crippen LogP contribution is 2.31. The van der Waals surface area contributed by atoms with Crippen molar-refractivity contribution in [3.8, 4) is 0 Å². The highest BCUT2D eigenvalue weighted by molar-refractivity contribution is 6.01. The molecule has 1 aliphatic rings. The van der Waals surface area contributed by atoms with Crippen LogP contribution in [-0.4, -0.2) is 54.4 Å². The number of carbonyl (C=O) groups is 3. The van der Waals surface area contributed by atoms with Gasteiger partial charge in [0, 0.05) is 19.7 Å². The number of hydrogen-bond donors (Lipinski definition) is 3. The number of anilines is 1. The average molecular weight is 375 g/mol. The van der Waals surface area contributed by atoms with Crippen LogP contribution in [0, 0.1) is 5.92 Å². The Balaban J connectivity index is 2.29. The van der Waals surface area contributed by atoms with Crippen molar-refractivity contribution in [2.24, 2.45) is 5.92 Å². The van der Waals surface area contributed by atoms with E-state index in [1.165, 1.54) is 6.92 Å². The summed E-state index contributed by atoms with van der Waals surface area (Å²) in [6.07, 6.45) is 2.26. The highest BCUT2D eigenvalue weighted by atomic mass is 16.2. The minimum atomic E-state index is -0.680. The summed E-state index contributed by atoms with van der Waals surface area (Å²) in [7, 11) is 1.69. The third-order valence-electron chi connectivity index (χ3n) is 4.80. The molecule has 1 unspecified atom stereocenters. The van der Waals surface area contributed by atoms with E-state index in [0.29, 0.717) is 18.8 Å². The van der Waals surface area contributed by atoms with E-state index >= 15 is 0 Å². The van der Waals surface area contributed by atoms with Gasteiger partial charge in [-0.2, -0.15) is 0 Å². The van der Waals surface area contributed by atoms with Crippen LogP contribution in [0.5, 0.6) is 0 Å². The van der Waals surface area contributed by atoms with Crippen LogP contribution in [0.3, 0.4) is 0 Å². The summed E-state index contributed by atoms with van der Waals surface area (Å²) in [6.45, 7) is 7.31. The van der Waals surface area contributed by atoms with Crippen LogP contribution in [0.25, 0.3) is 0 Å². The number of rotatable bonds is 7. The van der Waals surface area contributed by atoms with Crippen LogP contribution < -0.4 is 20.9 Å². The third-order valence-corrected chi connectivity index (χ3v) is 4.80. The van der Waals surface area contributed by atoms with Crippen molar-refractivity contribution < 1.29 is 14.4 Å². The van der Waals surface area contributed by atoms with Crippen LogP contribution in [0.4, 0.5) is 5.82 Å². The quantitative estimate of drug-likeness (QED) is 0.633. The van der Waals surface area contributed by atoms with Crippen LogP contribution in [0.1, 0.15) is 33.3 Å². The predicted molar refractivity (Wildman–Crippen MR) is 103 cm³/mol. The van der Waals surface area contributed by atoms with Crippen molar-refractivity contribution in [3.63, 3.8) is 0 Å². The van der Waals surface area contributed by atoms with E-state index in [9.17, 15) is 14.4 Å². The maximum absolute atomic E-state index is 13.4. The Hall–Kier alpha value is -2.48. The van der Waals surface area contributed by atoms with Gasteiger partial charge in [0.2, 0.25) is 11.8 Å². The van der Waals surface area contributed by atoms with Gasteiger partial charge in [0.25, 0.3) is 5.91 Å². The molecule has 0 saturated heterocycles. The zero-order valence-corrected chi connectivity index (χ0v) is 16.6. The van der Waals surface area contributed by atoms with Crippen molar-refractivity contribution in [2.45, 2.75) is 52.2 Å². The lowest BCUT2D eigenvalue weighted by Gasteiger charge is -2.31. The SMILES string of the molecule is CN[C@@H](C)C(=O)NC(C(=O)N1c2ncccc2C[C@H]1CNC(C)=O)C(C)C. The first-order valence-corrected chi connectivity index (χ1v) is 9.25. The first-order chi connectivity index (χ1) is 12.8. The third kappa shape index (κ3) is 4.82. The summed E-state index contributed by atoms with van der Waals surface area (Å²) >= 11 is 0. The number of fused-ring (bicyclic) bond motifs is 1. The van der Waals surface area contributed by atoms with E-state index < -0.39 is 12.1 Å².